The number of rotatable bonds is 13. The van der Waals surface area contributed by atoms with Crippen LogP contribution in [0, 0.1) is 27.6 Å². The van der Waals surface area contributed by atoms with Gasteiger partial charge in [-0.2, -0.15) is 0 Å². The molecule has 0 radical (unpaired) electrons. The van der Waals surface area contributed by atoms with Gasteiger partial charge in [0.15, 0.2) is 0 Å². The van der Waals surface area contributed by atoms with Gasteiger partial charge < -0.3 is 0 Å². The highest BCUT2D eigenvalue weighted by Crippen LogP contribution is 2.43. The Kier molecular flexibility index (Phi) is 11.3. The van der Waals surface area contributed by atoms with E-state index in [2.05, 4.69) is 141 Å². The number of aromatic nitrogens is 3. The van der Waals surface area contributed by atoms with E-state index >= 15 is 0 Å². The number of fused-ring (bicyclic) bond motifs is 3. The fourth-order valence-electron chi connectivity index (χ4n) is 10.5. The summed E-state index contributed by atoms with van der Waals surface area (Å²) in [6.45, 7) is -0.362. The Morgan fingerprint density at radius 2 is 0.907 bits per heavy atom. The minimum absolute atomic E-state index is 0.291. The first-order valence-corrected chi connectivity index (χ1v) is 26.4. The van der Waals surface area contributed by atoms with Crippen LogP contribution in [0.25, 0.3) is 98.5 Å². The number of aryl methyl sites for hydroxylation is 8. The van der Waals surface area contributed by atoms with E-state index in [1.807, 2.05) is 72.9 Å². The van der Waals surface area contributed by atoms with Gasteiger partial charge in [0.05, 0.1) is 17.1 Å². The molecule has 0 atom stereocenters. The molecule has 0 saturated carbocycles. The molecule has 0 aliphatic heterocycles. The van der Waals surface area contributed by atoms with E-state index in [0.29, 0.717) is 59.3 Å². The fraction of sp³-hybridized carbons (Fsp3) is 0.113. The molecule has 0 aliphatic carbocycles. The SMILES string of the molecule is [2H]C([2H])([2H])c1cc(-c2ccccc2)ncc1CCc1cc(CCc2cnc(-c3ccccc3)cc2C([2H])([2H])[2H])cc(-c2cc3sc4ccccc4c3cc2-c2ccc(-c3ccc(C)c(-c4ccc(-c5ccccc5)cc4C)c3)nc2)c1. The van der Waals surface area contributed by atoms with E-state index in [1.165, 1.54) is 48.9 Å². The van der Waals surface area contributed by atoms with Gasteiger partial charge in [-0.25, -0.2) is 0 Å². The van der Waals surface area contributed by atoms with Crippen molar-refractivity contribution in [2.75, 3.05) is 0 Å². The molecule has 75 heavy (non-hydrogen) atoms. The Hall–Kier alpha value is -8.57. The number of pyridine rings is 3. The van der Waals surface area contributed by atoms with Gasteiger partial charge in [0, 0.05) is 69.2 Å². The summed E-state index contributed by atoms with van der Waals surface area (Å²) in [4.78, 5) is 14.8. The Bertz CT molecular complexity index is 4140. The second-order valence-corrected chi connectivity index (χ2v) is 20.7. The quantitative estimate of drug-likeness (QED) is 0.116. The molecule has 3 nitrogen and oxygen atoms in total. The van der Waals surface area contributed by atoms with E-state index in [0.717, 1.165) is 60.5 Å². The minimum Gasteiger partial charge on any atom is -0.256 e. The van der Waals surface area contributed by atoms with Gasteiger partial charge in [-0.05, 0) is 179 Å². The van der Waals surface area contributed by atoms with Crippen molar-refractivity contribution in [1.82, 2.24) is 15.0 Å². The van der Waals surface area contributed by atoms with E-state index in [9.17, 15) is 0 Å². The van der Waals surface area contributed by atoms with Gasteiger partial charge in [0.25, 0.3) is 0 Å². The summed E-state index contributed by atoms with van der Waals surface area (Å²) < 4.78 is 54.1. The lowest BCUT2D eigenvalue weighted by Crippen LogP contribution is -2.01. The number of hydrogen-bond acceptors (Lipinski definition) is 4. The molecule has 0 fully saturated rings. The summed E-state index contributed by atoms with van der Waals surface area (Å²) in [6.07, 6.45) is 7.40. The molecule has 12 aromatic rings. The average molecular weight is 990 g/mol. The van der Waals surface area contributed by atoms with Crippen LogP contribution in [-0.4, -0.2) is 15.0 Å². The van der Waals surface area contributed by atoms with Crippen LogP contribution in [0.3, 0.4) is 0 Å². The zero-order valence-electron chi connectivity index (χ0n) is 47.9. The predicted octanol–water partition coefficient (Wildman–Crippen LogP) is 18.7. The van der Waals surface area contributed by atoms with Crippen LogP contribution in [0.15, 0.2) is 225 Å². The van der Waals surface area contributed by atoms with Crippen LogP contribution in [0.2, 0.25) is 0 Å². The maximum Gasteiger partial charge on any atom is 0.0704 e. The van der Waals surface area contributed by atoms with Crippen LogP contribution < -0.4 is 0 Å². The summed E-state index contributed by atoms with van der Waals surface area (Å²) in [7, 11) is 0. The first kappa shape index (κ1) is 40.9. The van der Waals surface area contributed by atoms with Gasteiger partial charge >= 0.3 is 0 Å². The summed E-state index contributed by atoms with van der Waals surface area (Å²) in [5.41, 5.74) is 20.0. The van der Waals surface area contributed by atoms with Gasteiger partial charge in [-0.15, -0.1) is 11.3 Å². The largest absolute Gasteiger partial charge is 0.256 e. The summed E-state index contributed by atoms with van der Waals surface area (Å²) in [6, 6.07) is 70.6. The summed E-state index contributed by atoms with van der Waals surface area (Å²) in [5, 5.41) is 2.36. The van der Waals surface area contributed by atoms with Crippen molar-refractivity contribution in [2.24, 2.45) is 0 Å². The maximum atomic E-state index is 8.62. The summed E-state index contributed by atoms with van der Waals surface area (Å²) in [5.74, 6) is 0. The van der Waals surface area contributed by atoms with E-state index in [4.69, 9.17) is 23.2 Å². The predicted molar refractivity (Wildman–Crippen MR) is 317 cm³/mol. The molecule has 8 aromatic carbocycles. The second kappa shape index (κ2) is 20.7. The van der Waals surface area contributed by atoms with Gasteiger partial charge in [-0.3, -0.25) is 15.0 Å². The molecule has 12 rings (SSSR count). The minimum atomic E-state index is -2.35. The third-order valence-corrected chi connectivity index (χ3v) is 15.7. The van der Waals surface area contributed by atoms with Crippen molar-refractivity contribution in [3.8, 4) is 78.3 Å². The molecule has 0 amide bonds. The molecular formula is C71H57N3S. The average Bonchev–Trinajstić information content (AvgIpc) is 3.97. The van der Waals surface area contributed by atoms with Crippen molar-refractivity contribution in [1.29, 1.82) is 0 Å². The molecule has 4 heteroatoms. The Morgan fingerprint density at radius 1 is 0.333 bits per heavy atom. The first-order valence-electron chi connectivity index (χ1n) is 28.6. The highest BCUT2D eigenvalue weighted by molar-refractivity contribution is 7.25. The number of nitrogens with zero attached hydrogens (tertiary/aromatic N) is 3. The lowest BCUT2D eigenvalue weighted by Gasteiger charge is -2.16. The zero-order valence-corrected chi connectivity index (χ0v) is 42.8. The van der Waals surface area contributed by atoms with Crippen molar-refractivity contribution in [2.45, 2.75) is 53.2 Å². The van der Waals surface area contributed by atoms with Gasteiger partial charge in [0.1, 0.15) is 0 Å². The monoisotopic (exact) mass is 989 g/mol. The Morgan fingerprint density at radius 3 is 1.52 bits per heavy atom. The van der Waals surface area contributed by atoms with Crippen LogP contribution in [0.1, 0.15) is 52.7 Å². The summed E-state index contributed by atoms with van der Waals surface area (Å²) >= 11 is 1.77. The van der Waals surface area contributed by atoms with E-state index < -0.39 is 13.7 Å². The molecule has 0 bridgehead atoms. The van der Waals surface area contributed by atoms with Crippen molar-refractivity contribution in [3.63, 3.8) is 0 Å². The molecule has 0 aliphatic rings. The molecule has 4 heterocycles. The van der Waals surface area contributed by atoms with Crippen molar-refractivity contribution >= 4 is 31.5 Å². The number of thiophene rings is 1. The highest BCUT2D eigenvalue weighted by atomic mass is 32.1. The topological polar surface area (TPSA) is 38.7 Å². The molecule has 4 aromatic heterocycles. The maximum absolute atomic E-state index is 8.62. The molecular weight excluding hydrogens is 927 g/mol. The van der Waals surface area contributed by atoms with Crippen LogP contribution in [0.5, 0.6) is 0 Å². The van der Waals surface area contributed by atoms with Crippen molar-refractivity contribution in [3.05, 3.63) is 269 Å². The molecule has 362 valence electrons. The highest BCUT2D eigenvalue weighted by Gasteiger charge is 2.18. The third kappa shape index (κ3) is 9.98. The smallest absolute Gasteiger partial charge is 0.0704 e. The van der Waals surface area contributed by atoms with Crippen LogP contribution >= 0.6 is 11.3 Å². The second-order valence-electron chi connectivity index (χ2n) is 19.6. The number of benzene rings is 8. The van der Waals surface area contributed by atoms with Gasteiger partial charge in [0.2, 0.25) is 0 Å². The van der Waals surface area contributed by atoms with Crippen molar-refractivity contribution < 1.29 is 8.22 Å². The molecule has 0 unspecified atom stereocenters. The Balaban J connectivity index is 0.944. The third-order valence-electron chi connectivity index (χ3n) is 14.6. The van der Waals surface area contributed by atoms with Crippen LogP contribution in [0.4, 0.5) is 0 Å². The van der Waals surface area contributed by atoms with E-state index in [1.54, 1.807) is 35.9 Å². The first-order chi connectivity index (χ1) is 39.2. The van der Waals surface area contributed by atoms with Crippen LogP contribution in [-0.2, 0) is 25.7 Å². The lowest BCUT2D eigenvalue weighted by molar-refractivity contribution is 0.913. The molecule has 0 saturated heterocycles. The normalized spacial score (nSPS) is 12.9. The Labute approximate surface area is 453 Å². The number of hydrogen-bond donors (Lipinski definition) is 0. The molecule has 0 N–H and O–H groups in total. The van der Waals surface area contributed by atoms with E-state index in [-0.39, 0.29) is 0 Å². The lowest BCUT2D eigenvalue weighted by atomic mass is 9.89. The van der Waals surface area contributed by atoms with Gasteiger partial charge in [-0.1, -0.05) is 164 Å². The molecule has 0 spiro atoms. The zero-order chi connectivity index (χ0) is 55.8. The fourth-order valence-corrected chi connectivity index (χ4v) is 11.6. The standard InChI is InChI=1S/C71H57N3S/c1-46-24-27-56(40-63(46)61-32-30-55(34-49(61)4)52-16-8-5-9-17-52)67-33-31-59(45-72-67)64-41-66-62-22-14-15-23-70(62)75-71(66)42-65(64)60-38-50(25-28-57-43-73-68(35-47(57)2)53-18-10-6-11-19-53)37-51(39-60)26-29-58-44-74-69(36-48(58)3)54-20-12-7-13-21-54/h5-24,27,30-45H,25-26,28-29H2,1-4H3/i2D3,3D3.